The third-order valence-corrected chi connectivity index (χ3v) is 6.95. The fraction of sp³-hybridized carbons (Fsp3) is 0.714. The normalized spacial score (nSPS) is 24.4. The number of hydrogen-bond acceptors (Lipinski definition) is 6. The van der Waals surface area contributed by atoms with E-state index < -0.39 is 11.7 Å². The molecule has 4 rings (SSSR count). The van der Waals surface area contributed by atoms with Crippen molar-refractivity contribution < 1.29 is 14.3 Å². The lowest BCUT2D eigenvalue weighted by Gasteiger charge is -2.24. The van der Waals surface area contributed by atoms with Gasteiger partial charge >= 0.3 is 6.09 Å². The Morgan fingerprint density at radius 2 is 1.97 bits per heavy atom. The number of nitrogens with one attached hydrogen (secondary N) is 2. The van der Waals surface area contributed by atoms with Gasteiger partial charge in [-0.3, -0.25) is 9.59 Å². The van der Waals surface area contributed by atoms with Gasteiger partial charge in [-0.15, -0.1) is 0 Å². The van der Waals surface area contributed by atoms with Gasteiger partial charge < -0.3 is 19.9 Å². The van der Waals surface area contributed by atoms with Crippen LogP contribution in [-0.4, -0.2) is 65.4 Å². The zero-order valence-electron chi connectivity index (χ0n) is 17.6. The quantitative estimate of drug-likeness (QED) is 0.711. The van der Waals surface area contributed by atoms with E-state index in [2.05, 4.69) is 15.5 Å². The van der Waals surface area contributed by atoms with Crippen molar-refractivity contribution in [2.45, 2.75) is 63.5 Å². The van der Waals surface area contributed by atoms with E-state index in [0.717, 1.165) is 19.3 Å². The van der Waals surface area contributed by atoms with Crippen molar-refractivity contribution >= 4 is 29.3 Å². The zero-order chi connectivity index (χ0) is 21.8. The average molecular weight is 452 g/mol. The van der Waals surface area contributed by atoms with Crippen LogP contribution in [0.5, 0.6) is 0 Å². The summed E-state index contributed by atoms with van der Waals surface area (Å²) in [7, 11) is 0. The molecule has 1 aromatic rings. The van der Waals surface area contributed by atoms with Crippen LogP contribution in [0.3, 0.4) is 0 Å². The molecule has 0 spiro atoms. The highest BCUT2D eigenvalue weighted by molar-refractivity contribution is 6.33. The molecule has 1 aromatic heterocycles. The highest BCUT2D eigenvalue weighted by atomic mass is 35.5. The first kappa shape index (κ1) is 21.9. The topological polar surface area (TPSA) is 108 Å². The Labute approximate surface area is 186 Å². The second-order valence-electron chi connectivity index (χ2n) is 8.84. The third kappa shape index (κ3) is 5.50. The minimum absolute atomic E-state index is 0.0772. The Morgan fingerprint density at radius 3 is 2.77 bits per heavy atom. The maximum Gasteiger partial charge on any atom is 0.407 e. The SMILES string of the molecule is O=C(N[C@H]1CCN(C(=O)CC2CCCCC2)C1)O[C@@H]1CCN(c2cn[nH]c(=O)c2Cl)C1. The van der Waals surface area contributed by atoms with E-state index in [1.165, 1.54) is 25.5 Å². The van der Waals surface area contributed by atoms with Gasteiger partial charge in [-0.2, -0.15) is 5.10 Å². The molecule has 3 heterocycles. The summed E-state index contributed by atoms with van der Waals surface area (Å²) >= 11 is 6.06. The average Bonchev–Trinajstić information content (AvgIpc) is 3.40. The smallest absolute Gasteiger partial charge is 0.407 e. The number of nitrogens with zero attached hydrogens (tertiary/aromatic N) is 3. The highest BCUT2D eigenvalue weighted by Crippen LogP contribution is 2.28. The lowest BCUT2D eigenvalue weighted by atomic mass is 9.87. The summed E-state index contributed by atoms with van der Waals surface area (Å²) in [5, 5.41) is 9.07. The first-order valence-corrected chi connectivity index (χ1v) is 11.6. The summed E-state index contributed by atoms with van der Waals surface area (Å²) in [6.45, 7) is 2.30. The van der Waals surface area contributed by atoms with E-state index in [4.69, 9.17) is 16.3 Å². The number of alkyl carbamates (subject to hydrolysis) is 1. The fourth-order valence-electron chi connectivity index (χ4n) is 4.86. The second-order valence-corrected chi connectivity index (χ2v) is 9.22. The number of carbonyl (C=O) groups excluding carboxylic acids is 2. The number of ether oxygens (including phenoxy) is 1. The monoisotopic (exact) mass is 451 g/mol. The number of carbonyl (C=O) groups is 2. The van der Waals surface area contributed by atoms with Crippen LogP contribution in [0.2, 0.25) is 5.02 Å². The molecule has 1 saturated carbocycles. The van der Waals surface area contributed by atoms with E-state index in [0.29, 0.717) is 50.6 Å². The van der Waals surface area contributed by atoms with Gasteiger partial charge in [-0.25, -0.2) is 9.89 Å². The number of anilines is 1. The van der Waals surface area contributed by atoms with Gasteiger partial charge in [0, 0.05) is 32.5 Å². The molecule has 2 amide bonds. The Hall–Kier alpha value is -2.29. The molecule has 0 radical (unpaired) electrons. The van der Waals surface area contributed by atoms with Crippen molar-refractivity contribution in [3.05, 3.63) is 21.6 Å². The summed E-state index contributed by atoms with van der Waals surface area (Å²) in [6.07, 6.45) is 8.84. The Bertz CT molecular complexity index is 856. The fourth-order valence-corrected chi connectivity index (χ4v) is 5.07. The summed E-state index contributed by atoms with van der Waals surface area (Å²) in [5.41, 5.74) is 0.102. The summed E-state index contributed by atoms with van der Waals surface area (Å²) in [4.78, 5) is 40.3. The van der Waals surface area contributed by atoms with Crippen LogP contribution >= 0.6 is 11.6 Å². The third-order valence-electron chi connectivity index (χ3n) is 6.59. The van der Waals surface area contributed by atoms with Crippen molar-refractivity contribution in [2.75, 3.05) is 31.1 Å². The van der Waals surface area contributed by atoms with Gasteiger partial charge in [-0.05, 0) is 25.2 Å². The van der Waals surface area contributed by atoms with Crippen LogP contribution in [0.4, 0.5) is 10.5 Å². The Kier molecular flexibility index (Phi) is 6.99. The van der Waals surface area contributed by atoms with E-state index in [9.17, 15) is 14.4 Å². The predicted octanol–water partition coefficient (Wildman–Crippen LogP) is 2.30. The lowest BCUT2D eigenvalue weighted by molar-refractivity contribution is -0.131. The minimum atomic E-state index is -0.464. The van der Waals surface area contributed by atoms with Crippen LogP contribution in [0.25, 0.3) is 0 Å². The molecule has 2 saturated heterocycles. The van der Waals surface area contributed by atoms with Crippen LogP contribution in [0.15, 0.2) is 11.0 Å². The number of aromatic amines is 1. The van der Waals surface area contributed by atoms with Gasteiger partial charge in [0.25, 0.3) is 5.56 Å². The van der Waals surface area contributed by atoms with Gasteiger partial charge in [0.2, 0.25) is 5.91 Å². The molecule has 0 bridgehead atoms. The number of hydrogen-bond donors (Lipinski definition) is 2. The lowest BCUT2D eigenvalue weighted by Crippen LogP contribution is -2.40. The van der Waals surface area contributed by atoms with Crippen LogP contribution in [0, 0.1) is 5.92 Å². The molecule has 3 aliphatic rings. The number of likely N-dealkylation sites (tertiary alicyclic amines) is 1. The largest absolute Gasteiger partial charge is 0.444 e. The van der Waals surface area contributed by atoms with Crippen molar-refractivity contribution in [3.8, 4) is 0 Å². The standard InChI is InChI=1S/C21H30ClN5O4/c22-19-17(11-23-25-20(19)29)26-9-7-16(13-26)31-21(30)24-15-6-8-27(12-15)18(28)10-14-4-2-1-3-5-14/h11,14-16H,1-10,12-13H2,(H,24,30)(H,25,29)/t15-,16+/m0/s1. The van der Waals surface area contributed by atoms with E-state index in [-0.39, 0.29) is 23.1 Å². The Balaban J connectivity index is 1.20. The summed E-state index contributed by atoms with van der Waals surface area (Å²) < 4.78 is 5.57. The number of amides is 2. The van der Waals surface area contributed by atoms with Crippen molar-refractivity contribution in [1.82, 2.24) is 20.4 Å². The molecule has 2 aliphatic heterocycles. The number of rotatable bonds is 5. The van der Waals surface area contributed by atoms with Crippen molar-refractivity contribution in [1.29, 1.82) is 0 Å². The molecular formula is C21H30ClN5O4. The van der Waals surface area contributed by atoms with Gasteiger partial charge in [0.1, 0.15) is 11.1 Å². The van der Waals surface area contributed by atoms with Gasteiger partial charge in [0.05, 0.1) is 24.5 Å². The first-order valence-electron chi connectivity index (χ1n) is 11.2. The molecule has 2 atom stereocenters. The van der Waals surface area contributed by atoms with Crippen LogP contribution in [0.1, 0.15) is 51.4 Å². The predicted molar refractivity (Wildman–Crippen MR) is 116 cm³/mol. The molecule has 0 unspecified atom stereocenters. The molecule has 1 aliphatic carbocycles. The van der Waals surface area contributed by atoms with Crippen LogP contribution < -0.4 is 15.8 Å². The summed E-state index contributed by atoms with van der Waals surface area (Å²) in [6, 6.07) is -0.0772. The molecular weight excluding hydrogens is 422 g/mol. The number of aromatic nitrogens is 2. The van der Waals surface area contributed by atoms with E-state index in [1.807, 2.05) is 9.80 Å². The number of halogens is 1. The minimum Gasteiger partial charge on any atom is -0.444 e. The molecule has 170 valence electrons. The number of H-pyrrole nitrogens is 1. The highest BCUT2D eigenvalue weighted by Gasteiger charge is 2.31. The maximum absolute atomic E-state index is 12.6. The zero-order valence-corrected chi connectivity index (χ0v) is 18.4. The maximum atomic E-state index is 12.6. The Morgan fingerprint density at radius 1 is 1.16 bits per heavy atom. The molecule has 31 heavy (non-hydrogen) atoms. The van der Waals surface area contributed by atoms with Gasteiger partial charge in [0.15, 0.2) is 0 Å². The van der Waals surface area contributed by atoms with Crippen molar-refractivity contribution in [3.63, 3.8) is 0 Å². The van der Waals surface area contributed by atoms with E-state index >= 15 is 0 Å². The molecule has 9 nitrogen and oxygen atoms in total. The molecule has 3 fully saturated rings. The molecule has 0 aromatic carbocycles. The van der Waals surface area contributed by atoms with Gasteiger partial charge in [-0.1, -0.05) is 30.9 Å². The molecule has 2 N–H and O–H groups in total. The first-order chi connectivity index (χ1) is 15.0. The summed E-state index contributed by atoms with van der Waals surface area (Å²) in [5.74, 6) is 0.728. The second kappa shape index (κ2) is 9.89. The van der Waals surface area contributed by atoms with Crippen LogP contribution in [-0.2, 0) is 9.53 Å². The van der Waals surface area contributed by atoms with Crippen molar-refractivity contribution in [2.24, 2.45) is 5.92 Å². The molecule has 10 heteroatoms. The van der Waals surface area contributed by atoms with E-state index in [1.54, 1.807) is 0 Å².